The molecule has 4 N–H and O–H groups in total. The summed E-state index contributed by atoms with van der Waals surface area (Å²) >= 11 is 0. The number of amides is 2. The number of fused-ring (bicyclic) bond motifs is 1. The average molecular weight is 237 g/mol. The van der Waals surface area contributed by atoms with Crippen LogP contribution in [0.2, 0.25) is 0 Å². The maximum absolute atomic E-state index is 13.0. The van der Waals surface area contributed by atoms with Crippen molar-refractivity contribution in [3.63, 3.8) is 0 Å². The van der Waals surface area contributed by atoms with Crippen LogP contribution in [0.5, 0.6) is 0 Å². The van der Waals surface area contributed by atoms with E-state index in [1.165, 1.54) is 18.2 Å². The van der Waals surface area contributed by atoms with E-state index in [9.17, 15) is 14.0 Å². The van der Waals surface area contributed by atoms with Crippen molar-refractivity contribution in [3.05, 3.63) is 29.6 Å². The van der Waals surface area contributed by atoms with Crippen molar-refractivity contribution in [2.24, 2.45) is 5.73 Å². The minimum Gasteiger partial charge on any atom is -0.368 e. The summed E-state index contributed by atoms with van der Waals surface area (Å²) in [6, 6.07) is 2.70. The topological polar surface area (TPSA) is 84.2 Å². The van der Waals surface area contributed by atoms with Crippen LogP contribution in [0.4, 0.5) is 10.1 Å². The third kappa shape index (κ3) is 2.12. The van der Waals surface area contributed by atoms with E-state index >= 15 is 0 Å². The van der Waals surface area contributed by atoms with Gasteiger partial charge in [0.1, 0.15) is 11.9 Å². The van der Waals surface area contributed by atoms with Crippen LogP contribution >= 0.6 is 0 Å². The summed E-state index contributed by atoms with van der Waals surface area (Å²) in [6.45, 7) is 1.57. The van der Waals surface area contributed by atoms with Gasteiger partial charge in [-0.1, -0.05) is 6.07 Å². The molecule has 0 radical (unpaired) electrons. The number of carbonyl (C=O) groups is 2. The molecule has 0 bridgehead atoms. The second kappa shape index (κ2) is 4.14. The largest absolute Gasteiger partial charge is 0.368 e. The summed E-state index contributed by atoms with van der Waals surface area (Å²) in [5, 5.41) is 5.33. The molecule has 0 spiro atoms. The first-order chi connectivity index (χ1) is 7.99. The maximum Gasteiger partial charge on any atom is 0.246 e. The highest BCUT2D eigenvalue weighted by Gasteiger charge is 2.32. The van der Waals surface area contributed by atoms with Gasteiger partial charge in [-0.15, -0.1) is 0 Å². The van der Waals surface area contributed by atoms with Crippen molar-refractivity contribution in [1.82, 2.24) is 5.32 Å². The number of carbonyl (C=O) groups excluding carboxylic acids is 2. The van der Waals surface area contributed by atoms with Crippen molar-refractivity contribution in [2.75, 3.05) is 5.32 Å². The Balaban J connectivity index is 2.26. The Morgan fingerprint density at radius 3 is 2.94 bits per heavy atom. The molecule has 0 aromatic heterocycles. The standard InChI is InChI=1S/C11H12FN3O2/c1-5(10(13)16)14-9-7-3-2-6(12)4-8(7)15-11(9)17/h2-5,9,14H,1H3,(H2,13,16)(H,15,17). The molecule has 2 rings (SSSR count). The fourth-order valence-electron chi connectivity index (χ4n) is 1.73. The number of nitrogens with one attached hydrogen (secondary N) is 2. The van der Waals surface area contributed by atoms with Gasteiger partial charge in [-0.25, -0.2) is 4.39 Å². The Hall–Kier alpha value is -1.95. The van der Waals surface area contributed by atoms with E-state index in [-0.39, 0.29) is 5.91 Å². The zero-order chi connectivity index (χ0) is 12.6. The molecule has 6 heteroatoms. The van der Waals surface area contributed by atoms with Crippen LogP contribution in [-0.4, -0.2) is 17.9 Å². The van der Waals surface area contributed by atoms with E-state index in [1.807, 2.05) is 0 Å². The van der Waals surface area contributed by atoms with Gasteiger partial charge in [0, 0.05) is 11.3 Å². The summed E-state index contributed by atoms with van der Waals surface area (Å²) in [5.74, 6) is -1.29. The van der Waals surface area contributed by atoms with Gasteiger partial charge in [0.25, 0.3) is 0 Å². The zero-order valence-corrected chi connectivity index (χ0v) is 9.16. The van der Waals surface area contributed by atoms with Crippen LogP contribution in [-0.2, 0) is 9.59 Å². The lowest BCUT2D eigenvalue weighted by atomic mass is 10.1. The van der Waals surface area contributed by atoms with Crippen LogP contribution in [0, 0.1) is 5.82 Å². The molecule has 1 aliphatic heterocycles. The molecular weight excluding hydrogens is 225 g/mol. The third-order valence-corrected chi connectivity index (χ3v) is 2.69. The van der Waals surface area contributed by atoms with Gasteiger partial charge in [0.2, 0.25) is 11.8 Å². The van der Waals surface area contributed by atoms with E-state index in [4.69, 9.17) is 5.73 Å². The number of primary amides is 1. The van der Waals surface area contributed by atoms with Crippen molar-refractivity contribution < 1.29 is 14.0 Å². The lowest BCUT2D eigenvalue weighted by molar-refractivity contribution is -0.121. The fraction of sp³-hybridized carbons (Fsp3) is 0.273. The third-order valence-electron chi connectivity index (χ3n) is 2.69. The predicted molar refractivity (Wildman–Crippen MR) is 59.6 cm³/mol. The van der Waals surface area contributed by atoms with Crippen molar-refractivity contribution in [3.8, 4) is 0 Å². The Kier molecular flexibility index (Phi) is 2.81. The number of halogens is 1. The van der Waals surface area contributed by atoms with E-state index in [0.717, 1.165) is 0 Å². The molecule has 1 heterocycles. The highest BCUT2D eigenvalue weighted by molar-refractivity contribution is 6.02. The summed E-state index contributed by atoms with van der Waals surface area (Å²) in [5.41, 5.74) is 6.15. The molecule has 0 fully saturated rings. The molecule has 5 nitrogen and oxygen atoms in total. The van der Waals surface area contributed by atoms with E-state index in [2.05, 4.69) is 10.6 Å². The molecular formula is C11H12FN3O2. The van der Waals surface area contributed by atoms with Gasteiger partial charge >= 0.3 is 0 Å². The average Bonchev–Trinajstić information content (AvgIpc) is 2.54. The Morgan fingerprint density at radius 1 is 1.59 bits per heavy atom. The first kappa shape index (κ1) is 11.5. The zero-order valence-electron chi connectivity index (χ0n) is 9.16. The Labute approximate surface area is 97.2 Å². The minimum absolute atomic E-state index is 0.321. The number of hydrogen-bond acceptors (Lipinski definition) is 3. The highest BCUT2D eigenvalue weighted by Crippen LogP contribution is 2.31. The quantitative estimate of drug-likeness (QED) is 0.706. The molecule has 0 aliphatic carbocycles. The van der Waals surface area contributed by atoms with Crippen molar-refractivity contribution in [2.45, 2.75) is 19.0 Å². The number of hydrogen-bond donors (Lipinski definition) is 3. The lowest BCUT2D eigenvalue weighted by Crippen LogP contribution is -2.42. The molecule has 1 aromatic rings. The molecule has 17 heavy (non-hydrogen) atoms. The van der Waals surface area contributed by atoms with E-state index < -0.39 is 23.8 Å². The van der Waals surface area contributed by atoms with Gasteiger partial charge in [-0.05, 0) is 19.1 Å². The summed E-state index contributed by atoms with van der Waals surface area (Å²) in [6.07, 6.45) is 0. The number of nitrogens with two attached hydrogens (primary N) is 1. The summed E-state index contributed by atoms with van der Waals surface area (Å²) < 4.78 is 13.0. The van der Waals surface area contributed by atoms with E-state index in [1.54, 1.807) is 6.92 Å². The second-order valence-electron chi connectivity index (χ2n) is 3.94. The second-order valence-corrected chi connectivity index (χ2v) is 3.94. The van der Waals surface area contributed by atoms with Crippen LogP contribution in [0.3, 0.4) is 0 Å². The van der Waals surface area contributed by atoms with Crippen molar-refractivity contribution in [1.29, 1.82) is 0 Å². The number of anilines is 1. The molecule has 2 unspecified atom stereocenters. The normalized spacial score (nSPS) is 19.6. The first-order valence-corrected chi connectivity index (χ1v) is 5.14. The highest BCUT2D eigenvalue weighted by atomic mass is 19.1. The smallest absolute Gasteiger partial charge is 0.246 e. The predicted octanol–water partition coefficient (Wildman–Crippen LogP) is 0.282. The molecule has 1 aliphatic rings. The van der Waals surface area contributed by atoms with Gasteiger partial charge in [-0.3, -0.25) is 14.9 Å². The van der Waals surface area contributed by atoms with Crippen LogP contribution < -0.4 is 16.4 Å². The fourth-order valence-corrected chi connectivity index (χ4v) is 1.73. The first-order valence-electron chi connectivity index (χ1n) is 5.14. The van der Waals surface area contributed by atoms with Gasteiger partial charge < -0.3 is 11.1 Å². The monoisotopic (exact) mass is 237 g/mol. The molecule has 2 atom stereocenters. The van der Waals surface area contributed by atoms with Crippen molar-refractivity contribution >= 4 is 17.5 Å². The van der Waals surface area contributed by atoms with Gasteiger partial charge in [-0.2, -0.15) is 0 Å². The van der Waals surface area contributed by atoms with Crippen LogP contribution in [0.15, 0.2) is 18.2 Å². The molecule has 90 valence electrons. The Bertz CT molecular complexity index is 490. The molecule has 2 amide bonds. The molecule has 0 saturated heterocycles. The van der Waals surface area contributed by atoms with Gasteiger partial charge in [0.05, 0.1) is 6.04 Å². The maximum atomic E-state index is 13.0. The number of benzene rings is 1. The molecule has 1 aromatic carbocycles. The summed E-state index contributed by atoms with van der Waals surface area (Å²) in [7, 11) is 0. The SMILES string of the molecule is CC(NC1C(=O)Nc2cc(F)ccc21)C(N)=O. The van der Waals surface area contributed by atoms with Crippen LogP contribution in [0.25, 0.3) is 0 Å². The Morgan fingerprint density at radius 2 is 2.29 bits per heavy atom. The summed E-state index contributed by atoms with van der Waals surface area (Å²) in [4.78, 5) is 22.6. The van der Waals surface area contributed by atoms with E-state index in [0.29, 0.717) is 11.3 Å². The minimum atomic E-state index is -0.673. The molecule has 0 saturated carbocycles. The number of rotatable bonds is 3. The van der Waals surface area contributed by atoms with Crippen LogP contribution in [0.1, 0.15) is 18.5 Å². The van der Waals surface area contributed by atoms with Gasteiger partial charge in [0.15, 0.2) is 0 Å². The lowest BCUT2D eigenvalue weighted by Gasteiger charge is -2.15.